The highest BCUT2D eigenvalue weighted by Gasteiger charge is 2.09. The molecule has 0 unspecified atom stereocenters. The van der Waals surface area contributed by atoms with E-state index >= 15 is 0 Å². The van der Waals surface area contributed by atoms with Gasteiger partial charge < -0.3 is 5.32 Å². The van der Waals surface area contributed by atoms with Gasteiger partial charge in [0.15, 0.2) is 15.0 Å². The Kier molecular flexibility index (Phi) is 4.39. The van der Waals surface area contributed by atoms with Crippen molar-refractivity contribution < 1.29 is 8.42 Å². The van der Waals surface area contributed by atoms with E-state index in [-0.39, 0.29) is 0 Å². The molecule has 3 rings (SSSR count). The van der Waals surface area contributed by atoms with Gasteiger partial charge >= 0.3 is 0 Å². The maximum absolute atomic E-state index is 11.5. The Bertz CT molecular complexity index is 917. The van der Waals surface area contributed by atoms with Gasteiger partial charge in [0.25, 0.3) is 0 Å². The molecule has 0 fully saturated rings. The van der Waals surface area contributed by atoms with Crippen LogP contribution in [0.25, 0.3) is 11.3 Å². The van der Waals surface area contributed by atoms with Gasteiger partial charge in [0.2, 0.25) is 0 Å². The molecule has 1 heterocycles. The van der Waals surface area contributed by atoms with Crippen LogP contribution >= 0.6 is 22.9 Å². The largest absolute Gasteiger partial charge is 0.332 e. The summed E-state index contributed by atoms with van der Waals surface area (Å²) in [6.07, 6.45) is 1.19. The highest BCUT2D eigenvalue weighted by atomic mass is 35.5. The van der Waals surface area contributed by atoms with E-state index in [1.165, 1.54) is 17.6 Å². The van der Waals surface area contributed by atoms with Gasteiger partial charge in [-0.15, -0.1) is 11.3 Å². The van der Waals surface area contributed by atoms with Crippen molar-refractivity contribution in [2.24, 2.45) is 0 Å². The zero-order valence-corrected chi connectivity index (χ0v) is 14.5. The average molecular weight is 365 g/mol. The molecule has 0 saturated heterocycles. The highest BCUT2D eigenvalue weighted by molar-refractivity contribution is 7.90. The Morgan fingerprint density at radius 3 is 2.30 bits per heavy atom. The van der Waals surface area contributed by atoms with Crippen LogP contribution in [0.4, 0.5) is 10.8 Å². The number of thiazole rings is 1. The summed E-state index contributed by atoms with van der Waals surface area (Å²) in [5, 5.41) is 6.57. The SMILES string of the molecule is CS(=O)(=O)c1ccc(-c2csc(Nc3ccc(Cl)cc3)n2)cc1. The lowest BCUT2D eigenvalue weighted by atomic mass is 10.2. The standard InChI is InChI=1S/C16H13ClN2O2S2/c1-23(20,21)14-8-2-11(3-9-14)15-10-22-16(19-15)18-13-6-4-12(17)5-7-13/h2-10H,1H3,(H,18,19). The zero-order valence-electron chi connectivity index (χ0n) is 12.2. The summed E-state index contributed by atoms with van der Waals surface area (Å²) in [6.45, 7) is 0. The minimum absolute atomic E-state index is 0.302. The molecule has 0 aliphatic carbocycles. The van der Waals surface area contributed by atoms with E-state index in [1.54, 1.807) is 24.3 Å². The first-order valence-electron chi connectivity index (χ1n) is 6.70. The second-order valence-corrected chi connectivity index (χ2v) is 8.28. The lowest BCUT2D eigenvalue weighted by Crippen LogP contribution is -1.96. The molecule has 0 saturated carbocycles. The molecule has 0 bridgehead atoms. The number of hydrogen-bond acceptors (Lipinski definition) is 5. The van der Waals surface area contributed by atoms with E-state index in [0.717, 1.165) is 22.1 Å². The summed E-state index contributed by atoms with van der Waals surface area (Å²) in [5.74, 6) is 0. The van der Waals surface area contributed by atoms with Crippen LogP contribution in [0.3, 0.4) is 0 Å². The molecule has 0 amide bonds. The third-order valence-electron chi connectivity index (χ3n) is 3.18. The second-order valence-electron chi connectivity index (χ2n) is 4.97. The van der Waals surface area contributed by atoms with E-state index in [1.807, 2.05) is 29.6 Å². The highest BCUT2D eigenvalue weighted by Crippen LogP contribution is 2.28. The molecule has 118 valence electrons. The predicted octanol–water partition coefficient (Wildman–Crippen LogP) is 4.61. The van der Waals surface area contributed by atoms with Gasteiger partial charge in [0.05, 0.1) is 10.6 Å². The fourth-order valence-corrected chi connectivity index (χ4v) is 3.49. The van der Waals surface area contributed by atoms with E-state index in [2.05, 4.69) is 10.3 Å². The van der Waals surface area contributed by atoms with Crippen molar-refractivity contribution in [1.82, 2.24) is 4.98 Å². The summed E-state index contributed by atoms with van der Waals surface area (Å²) < 4.78 is 23.0. The Morgan fingerprint density at radius 2 is 1.70 bits per heavy atom. The monoisotopic (exact) mass is 364 g/mol. The number of nitrogens with one attached hydrogen (secondary N) is 1. The zero-order chi connectivity index (χ0) is 16.4. The molecular formula is C16H13ClN2O2S2. The quantitative estimate of drug-likeness (QED) is 0.734. The van der Waals surface area contributed by atoms with Gasteiger partial charge in [0.1, 0.15) is 0 Å². The van der Waals surface area contributed by atoms with Crippen LogP contribution < -0.4 is 5.32 Å². The topological polar surface area (TPSA) is 59.1 Å². The van der Waals surface area contributed by atoms with Crippen molar-refractivity contribution in [2.75, 3.05) is 11.6 Å². The lowest BCUT2D eigenvalue weighted by molar-refractivity contribution is 0.602. The number of aromatic nitrogens is 1. The van der Waals surface area contributed by atoms with Gasteiger partial charge in [-0.25, -0.2) is 13.4 Å². The predicted molar refractivity (Wildman–Crippen MR) is 95.4 cm³/mol. The van der Waals surface area contributed by atoms with Crippen molar-refractivity contribution >= 4 is 43.6 Å². The van der Waals surface area contributed by atoms with Crippen LogP contribution in [-0.2, 0) is 9.84 Å². The molecule has 1 aromatic heterocycles. The summed E-state index contributed by atoms with van der Waals surface area (Å²) in [6, 6.07) is 14.1. The Balaban J connectivity index is 1.80. The Hall–Kier alpha value is -1.89. The minimum Gasteiger partial charge on any atom is -0.332 e. The first-order valence-corrected chi connectivity index (χ1v) is 9.85. The van der Waals surface area contributed by atoms with Crippen molar-refractivity contribution in [3.05, 3.63) is 58.9 Å². The molecule has 0 aliphatic rings. The smallest absolute Gasteiger partial charge is 0.187 e. The lowest BCUT2D eigenvalue weighted by Gasteiger charge is -2.02. The fourth-order valence-electron chi connectivity index (χ4n) is 1.99. The van der Waals surface area contributed by atoms with Crippen LogP contribution in [0.2, 0.25) is 5.02 Å². The third kappa shape index (κ3) is 3.90. The molecule has 0 atom stereocenters. The number of rotatable bonds is 4. The summed E-state index contributed by atoms with van der Waals surface area (Å²) in [7, 11) is -3.18. The van der Waals surface area contributed by atoms with E-state index in [4.69, 9.17) is 11.6 Å². The van der Waals surface area contributed by atoms with Crippen LogP contribution in [-0.4, -0.2) is 19.7 Å². The van der Waals surface area contributed by atoms with E-state index in [0.29, 0.717) is 9.92 Å². The normalized spacial score (nSPS) is 11.4. The number of halogens is 1. The molecule has 3 aromatic rings. The molecule has 1 N–H and O–H groups in total. The van der Waals surface area contributed by atoms with Crippen LogP contribution in [0, 0.1) is 0 Å². The van der Waals surface area contributed by atoms with Crippen LogP contribution in [0.15, 0.2) is 58.8 Å². The second kappa shape index (κ2) is 6.31. The number of benzene rings is 2. The fraction of sp³-hybridized carbons (Fsp3) is 0.0625. The molecule has 2 aromatic carbocycles. The summed E-state index contributed by atoms with van der Waals surface area (Å²) >= 11 is 7.34. The van der Waals surface area contributed by atoms with Crippen LogP contribution in [0.1, 0.15) is 0 Å². The van der Waals surface area contributed by atoms with Crippen molar-refractivity contribution in [1.29, 1.82) is 0 Å². The molecule has 0 spiro atoms. The molecule has 7 heteroatoms. The number of sulfone groups is 1. The summed E-state index contributed by atoms with van der Waals surface area (Å²) in [4.78, 5) is 4.82. The van der Waals surface area contributed by atoms with E-state index < -0.39 is 9.84 Å². The van der Waals surface area contributed by atoms with Gasteiger partial charge in [0, 0.05) is 27.9 Å². The molecule has 0 radical (unpaired) electrons. The maximum atomic E-state index is 11.5. The molecule has 0 aliphatic heterocycles. The minimum atomic E-state index is -3.18. The third-order valence-corrected chi connectivity index (χ3v) is 5.32. The number of hydrogen-bond donors (Lipinski definition) is 1. The van der Waals surface area contributed by atoms with Crippen molar-refractivity contribution in [2.45, 2.75) is 4.90 Å². The first kappa shape index (κ1) is 16.0. The van der Waals surface area contributed by atoms with Gasteiger partial charge in [-0.1, -0.05) is 23.7 Å². The molecule has 4 nitrogen and oxygen atoms in total. The van der Waals surface area contributed by atoms with Gasteiger partial charge in [-0.2, -0.15) is 0 Å². The summed E-state index contributed by atoms with van der Waals surface area (Å²) in [5.41, 5.74) is 2.58. The Morgan fingerprint density at radius 1 is 1.04 bits per heavy atom. The van der Waals surface area contributed by atoms with Gasteiger partial charge in [-0.05, 0) is 36.4 Å². The van der Waals surface area contributed by atoms with E-state index in [9.17, 15) is 8.42 Å². The van der Waals surface area contributed by atoms with Crippen LogP contribution in [0.5, 0.6) is 0 Å². The number of anilines is 2. The maximum Gasteiger partial charge on any atom is 0.187 e. The van der Waals surface area contributed by atoms with Gasteiger partial charge in [-0.3, -0.25) is 0 Å². The molecule has 23 heavy (non-hydrogen) atoms. The van der Waals surface area contributed by atoms with Crippen molar-refractivity contribution in [3.63, 3.8) is 0 Å². The van der Waals surface area contributed by atoms with Crippen molar-refractivity contribution in [3.8, 4) is 11.3 Å². The molecular weight excluding hydrogens is 352 g/mol. The Labute approximate surface area is 143 Å². The average Bonchev–Trinajstić information content (AvgIpc) is 2.97. The first-order chi connectivity index (χ1) is 10.9. The number of nitrogens with zero attached hydrogens (tertiary/aromatic N) is 1.